The zero-order valence-corrected chi connectivity index (χ0v) is 22.7. The topological polar surface area (TPSA) is 162 Å². The lowest BCUT2D eigenvalue weighted by molar-refractivity contribution is -0.144. The van der Waals surface area contributed by atoms with Crippen molar-refractivity contribution in [2.24, 2.45) is 7.05 Å². The van der Waals surface area contributed by atoms with E-state index in [-0.39, 0.29) is 23.1 Å². The molecule has 4 aromatic heterocycles. The number of ether oxygens (including phenoxy) is 1. The Labute approximate surface area is 236 Å². The van der Waals surface area contributed by atoms with Gasteiger partial charge in [0.05, 0.1) is 12.0 Å². The van der Waals surface area contributed by atoms with Crippen LogP contribution >= 0.6 is 0 Å². The van der Waals surface area contributed by atoms with Crippen LogP contribution in [0.4, 0.5) is 20.4 Å². The minimum Gasteiger partial charge on any atom is -0.479 e. The number of carbonyl (C=O) groups is 1. The van der Waals surface area contributed by atoms with Crippen molar-refractivity contribution in [3.8, 4) is 17.3 Å². The molecule has 5 aromatic rings. The first-order valence-electron chi connectivity index (χ1n) is 13.1. The first-order chi connectivity index (χ1) is 20.1. The number of aryl methyl sites for hydroxylation is 1. The molecule has 42 heavy (non-hydrogen) atoms. The summed E-state index contributed by atoms with van der Waals surface area (Å²) in [5.74, 6) is -2.50. The molecule has 0 amide bonds. The second kappa shape index (κ2) is 10.4. The number of carboxylic acid groups (broad SMARTS) is 1. The van der Waals surface area contributed by atoms with Crippen LogP contribution in [0.3, 0.4) is 0 Å². The fourth-order valence-electron chi connectivity index (χ4n) is 5.05. The molecule has 0 unspecified atom stereocenters. The Morgan fingerprint density at radius 2 is 1.90 bits per heavy atom. The lowest BCUT2D eigenvalue weighted by Crippen LogP contribution is -2.47. The smallest absolute Gasteiger partial charge is 0.344 e. The van der Waals surface area contributed by atoms with Crippen molar-refractivity contribution in [2.75, 3.05) is 43.4 Å². The third kappa shape index (κ3) is 4.68. The summed E-state index contributed by atoms with van der Waals surface area (Å²) in [5.41, 5.74) is 7.25. The van der Waals surface area contributed by atoms with Crippen molar-refractivity contribution >= 4 is 34.4 Å². The maximum Gasteiger partial charge on any atom is 0.344 e. The summed E-state index contributed by atoms with van der Waals surface area (Å²) in [6.45, 7) is 3.99. The number of furan rings is 1. The lowest BCUT2D eigenvalue weighted by atomic mass is 10.2. The molecule has 5 heterocycles. The molecule has 1 atom stereocenters. The monoisotopic (exact) mass is 583 g/mol. The number of carboxylic acids is 1. The van der Waals surface area contributed by atoms with Crippen molar-refractivity contribution in [1.82, 2.24) is 33.6 Å². The van der Waals surface area contributed by atoms with Gasteiger partial charge in [0.1, 0.15) is 11.3 Å². The van der Waals surface area contributed by atoms with Gasteiger partial charge in [0, 0.05) is 58.4 Å². The normalized spacial score (nSPS) is 15.1. The highest BCUT2D eigenvalue weighted by Gasteiger charge is 2.25. The van der Waals surface area contributed by atoms with Crippen LogP contribution < -0.4 is 21.1 Å². The van der Waals surface area contributed by atoms with Crippen molar-refractivity contribution in [1.29, 1.82) is 0 Å². The molecule has 14 nitrogen and oxygen atoms in total. The number of hydrogen-bond acceptors (Lipinski definition) is 10. The van der Waals surface area contributed by atoms with Crippen LogP contribution in [-0.2, 0) is 18.4 Å². The maximum absolute atomic E-state index is 14.7. The van der Waals surface area contributed by atoms with Crippen LogP contribution in [0.1, 0.15) is 6.92 Å². The van der Waals surface area contributed by atoms with Crippen LogP contribution in [-0.4, -0.2) is 83.5 Å². The van der Waals surface area contributed by atoms with Crippen molar-refractivity contribution < 1.29 is 27.8 Å². The van der Waals surface area contributed by atoms with E-state index in [2.05, 4.69) is 20.0 Å². The van der Waals surface area contributed by atoms with E-state index in [1.165, 1.54) is 32.9 Å². The predicted octanol–water partition coefficient (Wildman–Crippen LogP) is 1.57. The fraction of sp³-hybridized carbons (Fsp3) is 0.346. The number of benzene rings is 1. The Hall–Kier alpha value is -4.99. The predicted molar refractivity (Wildman–Crippen MR) is 146 cm³/mol. The molecule has 0 saturated carbocycles. The number of anilines is 2. The molecule has 1 saturated heterocycles. The van der Waals surface area contributed by atoms with E-state index < -0.39 is 23.7 Å². The number of halogens is 2. The summed E-state index contributed by atoms with van der Waals surface area (Å²) in [5, 5.41) is 13.4. The van der Waals surface area contributed by atoms with Gasteiger partial charge in [-0.2, -0.15) is 9.50 Å². The number of aliphatic carboxylic acids is 1. The number of rotatable bonds is 8. The minimum atomic E-state index is -1.30. The molecule has 1 fully saturated rings. The largest absolute Gasteiger partial charge is 0.479 e. The van der Waals surface area contributed by atoms with Gasteiger partial charge < -0.3 is 24.9 Å². The van der Waals surface area contributed by atoms with Gasteiger partial charge in [-0.15, -0.1) is 5.10 Å². The summed E-state index contributed by atoms with van der Waals surface area (Å²) >= 11 is 0. The molecule has 0 radical (unpaired) electrons. The van der Waals surface area contributed by atoms with E-state index in [0.717, 1.165) is 0 Å². The number of nitrogens with zero attached hydrogens (tertiary/aromatic N) is 8. The molecule has 6 rings (SSSR count). The van der Waals surface area contributed by atoms with E-state index >= 15 is 0 Å². The van der Waals surface area contributed by atoms with Gasteiger partial charge in [-0.05, 0) is 19.1 Å². The van der Waals surface area contributed by atoms with Crippen LogP contribution in [0.25, 0.3) is 28.4 Å². The average molecular weight is 584 g/mol. The van der Waals surface area contributed by atoms with Crippen LogP contribution in [0, 0.1) is 11.6 Å². The number of nitrogen functional groups attached to an aromatic ring is 1. The molecule has 0 aliphatic carbocycles. The first-order valence-corrected chi connectivity index (χ1v) is 13.1. The molecule has 1 aliphatic rings. The van der Waals surface area contributed by atoms with Gasteiger partial charge in [0.25, 0.3) is 0 Å². The second-order valence-corrected chi connectivity index (χ2v) is 9.94. The van der Waals surface area contributed by atoms with Crippen molar-refractivity contribution in [2.45, 2.75) is 19.6 Å². The summed E-state index contributed by atoms with van der Waals surface area (Å²) in [6.07, 6.45) is 0.213. The van der Waals surface area contributed by atoms with Gasteiger partial charge in [-0.3, -0.25) is 14.0 Å². The lowest BCUT2D eigenvalue weighted by Gasteiger charge is -2.36. The number of nitrogens with two attached hydrogens (primary N) is 1. The zero-order valence-electron chi connectivity index (χ0n) is 22.7. The van der Waals surface area contributed by atoms with Gasteiger partial charge in [0.2, 0.25) is 11.8 Å². The average Bonchev–Trinajstić information content (AvgIpc) is 3.69. The Balaban J connectivity index is 1.18. The van der Waals surface area contributed by atoms with Crippen molar-refractivity contribution in [3.63, 3.8) is 0 Å². The highest BCUT2D eigenvalue weighted by molar-refractivity contribution is 5.88. The SMILES string of the molecule is C[C@@H](Oc1cc(N2CCN(CCn3c(=O)n(C)c4c3nc(N)n3nc(-c5ccco5)nc43)CC2)c(F)cc1F)C(=O)O. The molecular formula is C26H27F2N9O5. The van der Waals surface area contributed by atoms with Crippen molar-refractivity contribution in [3.05, 3.63) is 52.6 Å². The zero-order chi connectivity index (χ0) is 29.7. The third-order valence-electron chi connectivity index (χ3n) is 7.32. The summed E-state index contributed by atoms with van der Waals surface area (Å²) in [7, 11) is 1.63. The molecule has 3 N–H and O–H groups in total. The van der Waals surface area contributed by atoms with E-state index in [4.69, 9.17) is 20.0 Å². The number of fused-ring (bicyclic) bond motifs is 3. The summed E-state index contributed by atoms with van der Waals surface area (Å²) < 4.78 is 43.8. The third-order valence-corrected chi connectivity index (χ3v) is 7.32. The molecule has 220 valence electrons. The Bertz CT molecular complexity index is 1860. The quantitative estimate of drug-likeness (QED) is 0.273. The van der Waals surface area contributed by atoms with E-state index in [1.54, 1.807) is 24.1 Å². The van der Waals surface area contributed by atoms with E-state index in [1.807, 2.05) is 0 Å². The van der Waals surface area contributed by atoms with Crippen LogP contribution in [0.2, 0.25) is 0 Å². The molecule has 0 bridgehead atoms. The number of hydrogen-bond donors (Lipinski definition) is 2. The molecular weight excluding hydrogens is 556 g/mol. The number of piperazine rings is 1. The Kier molecular flexibility index (Phi) is 6.76. The van der Waals surface area contributed by atoms with Gasteiger partial charge in [-0.1, -0.05) is 0 Å². The molecule has 16 heteroatoms. The standard InChI is InChI=1S/C26H27F2N9O5/c1-14(24(38)39)42-19-13-17(15(27)12-16(19)28)35-8-5-34(6-9-35)7-10-36-22-20(33(2)26(36)40)23-30-21(18-4-3-11-41-18)32-37(23)25(29)31-22/h3-4,11-14H,5-10H2,1-2H3,(H2,29,31)(H,38,39)/t14-/m1/s1. The van der Waals surface area contributed by atoms with Gasteiger partial charge in [-0.25, -0.2) is 23.4 Å². The molecule has 1 aliphatic heterocycles. The maximum atomic E-state index is 14.7. The van der Waals surface area contributed by atoms with E-state index in [0.29, 0.717) is 73.7 Å². The van der Waals surface area contributed by atoms with Gasteiger partial charge in [0.15, 0.2) is 34.7 Å². The Morgan fingerprint density at radius 3 is 2.60 bits per heavy atom. The molecule has 1 aromatic carbocycles. The summed E-state index contributed by atoms with van der Waals surface area (Å²) in [6, 6.07) is 5.32. The number of aromatic nitrogens is 6. The number of imidazole rings is 1. The van der Waals surface area contributed by atoms with Crippen LogP contribution in [0.5, 0.6) is 5.75 Å². The van der Waals surface area contributed by atoms with Gasteiger partial charge >= 0.3 is 11.7 Å². The Morgan fingerprint density at radius 1 is 1.14 bits per heavy atom. The summed E-state index contributed by atoms with van der Waals surface area (Å²) in [4.78, 5) is 37.2. The highest BCUT2D eigenvalue weighted by atomic mass is 19.1. The van der Waals surface area contributed by atoms with Crippen LogP contribution in [0.15, 0.2) is 39.7 Å². The highest BCUT2D eigenvalue weighted by Crippen LogP contribution is 2.30. The van der Waals surface area contributed by atoms with E-state index in [9.17, 15) is 18.4 Å². The second-order valence-electron chi connectivity index (χ2n) is 9.94. The first kappa shape index (κ1) is 27.2. The fourth-order valence-corrected chi connectivity index (χ4v) is 5.05. The molecule has 0 spiro atoms. The minimum absolute atomic E-state index is 0.0678.